The van der Waals surface area contributed by atoms with Gasteiger partial charge in [-0.1, -0.05) is 11.6 Å². The third kappa shape index (κ3) is 3.48. The van der Waals surface area contributed by atoms with Crippen molar-refractivity contribution in [2.75, 3.05) is 31.1 Å². The Hall–Kier alpha value is -1.82. The normalized spacial score (nSPS) is 24.2. The van der Waals surface area contributed by atoms with Gasteiger partial charge in [0.25, 0.3) is 0 Å². The van der Waals surface area contributed by atoms with Crippen LogP contribution in [0.4, 0.5) is 10.1 Å². The molecule has 0 aromatic heterocycles. The largest absolute Gasteiger partial charge is 0.481 e. The lowest BCUT2D eigenvalue weighted by Gasteiger charge is -2.37. The Kier molecular flexibility index (Phi) is 4.94. The van der Waals surface area contributed by atoms with Gasteiger partial charge in [-0.05, 0) is 37.5 Å². The summed E-state index contributed by atoms with van der Waals surface area (Å²) < 4.78 is 13.2. The molecule has 130 valence electrons. The van der Waals surface area contributed by atoms with Crippen LogP contribution in [0.1, 0.15) is 19.3 Å². The summed E-state index contributed by atoms with van der Waals surface area (Å²) >= 11 is 5.82. The maximum absolute atomic E-state index is 13.2. The number of hydrogen-bond donors (Lipinski definition) is 1. The number of carbonyl (C=O) groups excluding carboxylic acids is 1. The molecule has 0 bridgehead atoms. The lowest BCUT2D eigenvalue weighted by molar-refractivity contribution is -0.141. The highest BCUT2D eigenvalue weighted by atomic mass is 35.5. The van der Waals surface area contributed by atoms with Crippen LogP contribution in [0.2, 0.25) is 5.02 Å². The fourth-order valence-corrected chi connectivity index (χ4v) is 3.73. The quantitative estimate of drug-likeness (QED) is 0.906. The molecule has 1 aromatic rings. The molecule has 1 saturated heterocycles. The van der Waals surface area contributed by atoms with Gasteiger partial charge in [-0.15, -0.1) is 0 Å². The van der Waals surface area contributed by atoms with E-state index in [4.69, 9.17) is 16.7 Å². The van der Waals surface area contributed by atoms with Gasteiger partial charge >= 0.3 is 5.97 Å². The molecule has 0 spiro atoms. The molecule has 0 unspecified atom stereocenters. The van der Waals surface area contributed by atoms with Crippen LogP contribution in [-0.2, 0) is 9.59 Å². The smallest absolute Gasteiger partial charge is 0.306 e. The molecule has 2 fully saturated rings. The molecule has 2 atom stereocenters. The highest BCUT2D eigenvalue weighted by molar-refractivity contribution is 6.31. The molecule has 1 aliphatic carbocycles. The van der Waals surface area contributed by atoms with E-state index in [1.165, 1.54) is 6.07 Å². The number of benzene rings is 1. The Labute approximate surface area is 145 Å². The van der Waals surface area contributed by atoms with Crippen molar-refractivity contribution >= 4 is 29.2 Å². The van der Waals surface area contributed by atoms with Gasteiger partial charge in [0.2, 0.25) is 5.91 Å². The van der Waals surface area contributed by atoms with Gasteiger partial charge in [-0.25, -0.2) is 4.39 Å². The van der Waals surface area contributed by atoms with Crippen LogP contribution < -0.4 is 4.90 Å². The van der Waals surface area contributed by atoms with Crippen LogP contribution in [0.5, 0.6) is 0 Å². The minimum atomic E-state index is -0.802. The molecule has 3 rings (SSSR count). The zero-order valence-electron chi connectivity index (χ0n) is 13.3. The zero-order chi connectivity index (χ0) is 17.3. The molecule has 0 radical (unpaired) electrons. The van der Waals surface area contributed by atoms with Gasteiger partial charge in [-0.2, -0.15) is 0 Å². The van der Waals surface area contributed by atoms with E-state index in [1.54, 1.807) is 12.1 Å². The van der Waals surface area contributed by atoms with Gasteiger partial charge in [0, 0.05) is 37.8 Å². The summed E-state index contributed by atoms with van der Waals surface area (Å²) in [6.45, 7) is 2.48. The maximum Gasteiger partial charge on any atom is 0.306 e. The molecule has 2 aliphatic rings. The van der Waals surface area contributed by atoms with E-state index in [1.807, 2.05) is 4.90 Å². The summed E-state index contributed by atoms with van der Waals surface area (Å²) in [6, 6.07) is 4.63. The number of halogens is 2. The van der Waals surface area contributed by atoms with Crippen LogP contribution in [-0.4, -0.2) is 48.1 Å². The second kappa shape index (κ2) is 6.97. The molecule has 1 heterocycles. The van der Waals surface area contributed by atoms with Crippen LogP contribution in [0.25, 0.3) is 0 Å². The molecular formula is C17H20ClFN2O3. The first-order valence-corrected chi connectivity index (χ1v) is 8.55. The zero-order valence-corrected chi connectivity index (χ0v) is 14.0. The number of hydrogen-bond acceptors (Lipinski definition) is 3. The van der Waals surface area contributed by atoms with E-state index in [0.717, 1.165) is 5.69 Å². The first kappa shape index (κ1) is 17.0. The predicted molar refractivity (Wildman–Crippen MR) is 88.7 cm³/mol. The highest BCUT2D eigenvalue weighted by Gasteiger charge is 2.36. The van der Waals surface area contributed by atoms with Crippen LogP contribution in [0.3, 0.4) is 0 Å². The summed E-state index contributed by atoms with van der Waals surface area (Å²) in [5.41, 5.74) is 0.848. The van der Waals surface area contributed by atoms with E-state index in [9.17, 15) is 14.0 Å². The molecule has 24 heavy (non-hydrogen) atoms. The Balaban J connectivity index is 1.56. The molecule has 1 aromatic carbocycles. The summed E-state index contributed by atoms with van der Waals surface area (Å²) in [5, 5.41) is 9.15. The fraction of sp³-hybridized carbons (Fsp3) is 0.529. The Morgan fingerprint density at radius 2 is 1.79 bits per heavy atom. The summed E-state index contributed by atoms with van der Waals surface area (Å²) in [6.07, 6.45) is 1.69. The van der Waals surface area contributed by atoms with Crippen molar-refractivity contribution in [3.63, 3.8) is 0 Å². The molecule has 5 nitrogen and oxygen atoms in total. The van der Waals surface area contributed by atoms with Gasteiger partial charge in [0.05, 0.1) is 10.9 Å². The summed E-state index contributed by atoms with van der Waals surface area (Å²) in [4.78, 5) is 27.5. The van der Waals surface area contributed by atoms with Crippen LogP contribution >= 0.6 is 11.6 Å². The predicted octanol–water partition coefficient (Wildman–Crippen LogP) is 2.63. The number of carboxylic acid groups (broad SMARTS) is 1. The third-order valence-electron chi connectivity index (χ3n) is 4.99. The van der Waals surface area contributed by atoms with E-state index < -0.39 is 11.8 Å². The van der Waals surface area contributed by atoms with Crippen molar-refractivity contribution in [2.45, 2.75) is 19.3 Å². The summed E-state index contributed by atoms with van der Waals surface area (Å²) in [5.74, 6) is -1.73. The monoisotopic (exact) mass is 354 g/mol. The lowest BCUT2D eigenvalue weighted by Crippen LogP contribution is -2.50. The van der Waals surface area contributed by atoms with Crippen LogP contribution in [0, 0.1) is 17.7 Å². The number of nitrogens with zero attached hydrogens (tertiary/aromatic N) is 2. The standard InChI is InChI=1S/C17H20ClFN2O3/c18-14-10-13(3-4-15(14)19)20-5-7-21(8-6-20)16(22)11-1-2-12(9-11)17(23)24/h3-4,10-12H,1-2,5-9H2,(H,23,24)/t11-,12+/m0/s1. The third-order valence-corrected chi connectivity index (χ3v) is 5.28. The average molecular weight is 355 g/mol. The van der Waals surface area contributed by atoms with Crippen molar-refractivity contribution < 1.29 is 19.1 Å². The molecule has 1 saturated carbocycles. The average Bonchev–Trinajstić information content (AvgIpc) is 3.07. The van der Waals surface area contributed by atoms with Crippen molar-refractivity contribution in [1.29, 1.82) is 0 Å². The summed E-state index contributed by atoms with van der Waals surface area (Å²) in [7, 11) is 0. The SMILES string of the molecule is O=C(O)[C@@H]1CC[C@H](C(=O)N2CCN(c3ccc(F)c(Cl)c3)CC2)C1. The molecule has 7 heteroatoms. The first-order chi connectivity index (χ1) is 11.5. The Morgan fingerprint density at radius 3 is 2.38 bits per heavy atom. The van der Waals surface area contributed by atoms with Gasteiger partial charge in [0.1, 0.15) is 5.82 Å². The number of piperazine rings is 1. The van der Waals surface area contributed by atoms with Gasteiger partial charge in [-0.3, -0.25) is 9.59 Å². The van der Waals surface area contributed by atoms with Gasteiger partial charge in [0.15, 0.2) is 0 Å². The number of carbonyl (C=O) groups is 2. The highest BCUT2D eigenvalue weighted by Crippen LogP contribution is 2.33. The Bertz CT molecular complexity index is 647. The maximum atomic E-state index is 13.2. The minimum absolute atomic E-state index is 0.0653. The number of carboxylic acids is 1. The van der Waals surface area contributed by atoms with Crippen molar-refractivity contribution in [3.8, 4) is 0 Å². The van der Waals surface area contributed by atoms with E-state index in [2.05, 4.69) is 4.90 Å². The second-order valence-electron chi connectivity index (χ2n) is 6.46. The van der Waals surface area contributed by atoms with E-state index >= 15 is 0 Å². The number of aliphatic carboxylic acids is 1. The van der Waals surface area contributed by atoms with Crippen LogP contribution in [0.15, 0.2) is 18.2 Å². The fourth-order valence-electron chi connectivity index (χ4n) is 3.56. The molecule has 1 amide bonds. The van der Waals surface area contributed by atoms with Gasteiger partial charge < -0.3 is 14.9 Å². The lowest BCUT2D eigenvalue weighted by atomic mass is 10.0. The minimum Gasteiger partial charge on any atom is -0.481 e. The number of anilines is 1. The Morgan fingerprint density at radius 1 is 1.12 bits per heavy atom. The topological polar surface area (TPSA) is 60.9 Å². The first-order valence-electron chi connectivity index (χ1n) is 8.17. The van der Waals surface area contributed by atoms with E-state index in [-0.39, 0.29) is 22.8 Å². The van der Waals surface area contributed by atoms with Crippen molar-refractivity contribution in [2.24, 2.45) is 11.8 Å². The van der Waals surface area contributed by atoms with Crippen molar-refractivity contribution in [1.82, 2.24) is 4.90 Å². The number of rotatable bonds is 3. The van der Waals surface area contributed by atoms with E-state index in [0.29, 0.717) is 45.4 Å². The van der Waals surface area contributed by atoms with Crippen molar-refractivity contribution in [3.05, 3.63) is 29.0 Å². The molecule has 1 aliphatic heterocycles. The second-order valence-corrected chi connectivity index (χ2v) is 6.86. The molecular weight excluding hydrogens is 335 g/mol. The number of amides is 1. The molecule has 1 N–H and O–H groups in total.